The van der Waals surface area contributed by atoms with Crippen molar-refractivity contribution in [2.45, 2.75) is 6.61 Å². The van der Waals surface area contributed by atoms with Crippen LogP contribution in [0.25, 0.3) is 0 Å². The summed E-state index contributed by atoms with van der Waals surface area (Å²) in [6, 6.07) is 10.3. The smallest absolute Gasteiger partial charge is 0.0717 e. The van der Waals surface area contributed by atoms with Crippen molar-refractivity contribution in [1.29, 1.82) is 0 Å². The van der Waals surface area contributed by atoms with Crippen molar-refractivity contribution < 1.29 is 4.74 Å². The Morgan fingerprint density at radius 3 is 2.00 bits per heavy atom. The van der Waals surface area contributed by atoms with Crippen LogP contribution < -0.4 is 0 Å². The van der Waals surface area contributed by atoms with Crippen LogP contribution in [0.1, 0.15) is 5.56 Å². The van der Waals surface area contributed by atoms with Crippen LogP contribution in [0.2, 0.25) is 0 Å². The lowest BCUT2D eigenvalue weighted by Crippen LogP contribution is -2.32. The lowest BCUT2D eigenvalue weighted by Gasteiger charge is -2.29. The Hall–Kier alpha value is 0.470. The van der Waals surface area contributed by atoms with Gasteiger partial charge in [-0.1, -0.05) is 30.3 Å². The van der Waals surface area contributed by atoms with E-state index < -0.39 is 0 Å². The molecule has 90 valence electrons. The van der Waals surface area contributed by atoms with E-state index in [1.807, 2.05) is 18.2 Å². The Kier molecular flexibility index (Phi) is 7.02. The number of ether oxygens (including phenoxy) is 1. The molecule has 1 aromatic rings. The molecule has 1 aromatic carbocycles. The number of hydrogen-bond donors (Lipinski definition) is 0. The van der Waals surface area contributed by atoms with Crippen molar-refractivity contribution in [3.8, 4) is 0 Å². The second-order valence-electron chi connectivity index (χ2n) is 4.09. The maximum Gasteiger partial charge on any atom is 0.0717 e. The van der Waals surface area contributed by atoms with E-state index in [4.69, 9.17) is 4.74 Å². The van der Waals surface area contributed by atoms with E-state index in [0.717, 1.165) is 25.1 Å². The summed E-state index contributed by atoms with van der Waals surface area (Å²) in [5, 5.41) is 0. The fourth-order valence-electron chi connectivity index (χ4n) is 1.39. The van der Waals surface area contributed by atoms with Gasteiger partial charge >= 0.3 is 0 Å². The third-order valence-electron chi connectivity index (χ3n) is 2.82. The fraction of sp³-hybridized carbons (Fsp3) is 0.500. The Balaban J connectivity index is 2.39. The highest BCUT2D eigenvalue weighted by Gasteiger charge is 2.24. The Morgan fingerprint density at radius 1 is 0.938 bits per heavy atom. The lowest BCUT2D eigenvalue weighted by atomic mass is 9.97. The summed E-state index contributed by atoms with van der Waals surface area (Å²) >= 11 is 0. The highest BCUT2D eigenvalue weighted by Crippen LogP contribution is 2.26. The third kappa shape index (κ3) is 4.38. The number of rotatable bonds is 7. The highest BCUT2D eigenvalue weighted by atomic mass is 31.0. The third-order valence-corrected chi connectivity index (χ3v) is 5.42. The molecule has 0 spiro atoms. The first-order chi connectivity index (χ1) is 7.76. The summed E-state index contributed by atoms with van der Waals surface area (Å²) in [5.74, 6) is 0. The lowest BCUT2D eigenvalue weighted by molar-refractivity contribution is 0.0657. The van der Waals surface area contributed by atoms with E-state index in [-0.39, 0.29) is 5.41 Å². The van der Waals surface area contributed by atoms with Gasteiger partial charge in [0.25, 0.3) is 0 Å². The van der Waals surface area contributed by atoms with Gasteiger partial charge in [0.1, 0.15) is 0 Å². The molecular formula is C12H21OP3. The molecule has 1 nitrogen and oxygen atoms in total. The molecule has 0 aromatic heterocycles. The Bertz CT molecular complexity index is 277. The van der Waals surface area contributed by atoms with Crippen molar-refractivity contribution in [3.63, 3.8) is 0 Å². The summed E-state index contributed by atoms with van der Waals surface area (Å²) in [7, 11) is 8.49. The molecule has 0 heterocycles. The van der Waals surface area contributed by atoms with Crippen LogP contribution in [-0.4, -0.2) is 25.1 Å². The molecule has 0 fully saturated rings. The molecule has 4 heteroatoms. The first-order valence-electron chi connectivity index (χ1n) is 5.48. The zero-order chi connectivity index (χ0) is 11.9. The van der Waals surface area contributed by atoms with Crippen LogP contribution in [0, 0.1) is 5.41 Å². The number of benzene rings is 1. The molecular weight excluding hydrogens is 253 g/mol. The molecule has 16 heavy (non-hydrogen) atoms. The molecule has 0 radical (unpaired) electrons. The van der Waals surface area contributed by atoms with Crippen molar-refractivity contribution >= 4 is 27.7 Å². The maximum atomic E-state index is 5.82. The monoisotopic (exact) mass is 274 g/mol. The summed E-state index contributed by atoms with van der Waals surface area (Å²) in [5.41, 5.74) is 1.52. The van der Waals surface area contributed by atoms with E-state index in [0.29, 0.717) is 6.61 Å². The van der Waals surface area contributed by atoms with Gasteiger partial charge < -0.3 is 4.74 Å². The molecule has 1 rings (SSSR count). The standard InChI is InChI=1S/C12H21OP3/c14-8-12(9-15,10-16)7-13-6-11-4-2-1-3-5-11/h1-5H,6-10,14-16H2. The van der Waals surface area contributed by atoms with Gasteiger partial charge in [0, 0.05) is 5.41 Å². The minimum absolute atomic E-state index is 0.273. The SMILES string of the molecule is PCC(CP)(CP)COCc1ccccc1. The van der Waals surface area contributed by atoms with Gasteiger partial charge in [-0.3, -0.25) is 0 Å². The largest absolute Gasteiger partial charge is 0.376 e. The summed E-state index contributed by atoms with van der Waals surface area (Å²) < 4.78 is 5.82. The van der Waals surface area contributed by atoms with Gasteiger partial charge in [0.15, 0.2) is 0 Å². The van der Waals surface area contributed by atoms with Crippen LogP contribution in [0.3, 0.4) is 0 Å². The van der Waals surface area contributed by atoms with Crippen LogP contribution in [-0.2, 0) is 11.3 Å². The number of hydrogen-bond acceptors (Lipinski definition) is 1. The van der Waals surface area contributed by atoms with E-state index in [1.165, 1.54) is 5.56 Å². The van der Waals surface area contributed by atoms with Crippen LogP contribution in [0.15, 0.2) is 30.3 Å². The molecule has 0 aliphatic heterocycles. The summed E-state index contributed by atoms with van der Waals surface area (Å²) in [6.45, 7) is 1.53. The molecule has 3 atom stereocenters. The fourth-order valence-corrected chi connectivity index (χ4v) is 3.74. The highest BCUT2D eigenvalue weighted by molar-refractivity contribution is 7.19. The van der Waals surface area contributed by atoms with E-state index in [1.54, 1.807) is 0 Å². The first kappa shape index (κ1) is 14.5. The van der Waals surface area contributed by atoms with Crippen molar-refractivity contribution in [1.82, 2.24) is 0 Å². The van der Waals surface area contributed by atoms with Gasteiger partial charge in [-0.2, -0.15) is 0 Å². The molecule has 0 saturated heterocycles. The minimum atomic E-state index is 0.273. The quantitative estimate of drug-likeness (QED) is 0.695. The zero-order valence-corrected chi connectivity index (χ0v) is 13.0. The van der Waals surface area contributed by atoms with Gasteiger partial charge in [0.2, 0.25) is 0 Å². The molecule has 0 amide bonds. The molecule has 0 bridgehead atoms. The van der Waals surface area contributed by atoms with Crippen LogP contribution in [0.5, 0.6) is 0 Å². The zero-order valence-electron chi connectivity index (χ0n) is 9.56. The van der Waals surface area contributed by atoms with Crippen LogP contribution in [0.4, 0.5) is 0 Å². The van der Waals surface area contributed by atoms with Gasteiger partial charge in [0.05, 0.1) is 13.2 Å². The molecule has 0 aliphatic rings. The van der Waals surface area contributed by atoms with Gasteiger partial charge in [-0.15, -0.1) is 27.7 Å². The Labute approximate surface area is 106 Å². The Morgan fingerprint density at radius 2 is 1.50 bits per heavy atom. The summed E-state index contributed by atoms with van der Waals surface area (Å²) in [6.07, 6.45) is 3.23. The van der Waals surface area contributed by atoms with E-state index >= 15 is 0 Å². The molecule has 0 N–H and O–H groups in total. The van der Waals surface area contributed by atoms with Crippen molar-refractivity contribution in [2.24, 2.45) is 5.41 Å². The first-order valence-corrected chi connectivity index (χ1v) is 7.93. The predicted molar refractivity (Wildman–Crippen MR) is 82.3 cm³/mol. The van der Waals surface area contributed by atoms with Gasteiger partial charge in [-0.05, 0) is 24.0 Å². The van der Waals surface area contributed by atoms with E-state index in [2.05, 4.69) is 39.9 Å². The van der Waals surface area contributed by atoms with Crippen molar-refractivity contribution in [3.05, 3.63) is 35.9 Å². The normalized spacial score (nSPS) is 11.7. The van der Waals surface area contributed by atoms with Crippen LogP contribution >= 0.6 is 27.7 Å². The summed E-state index contributed by atoms with van der Waals surface area (Å²) in [4.78, 5) is 0. The average molecular weight is 274 g/mol. The van der Waals surface area contributed by atoms with Gasteiger partial charge in [-0.25, -0.2) is 0 Å². The average Bonchev–Trinajstić information content (AvgIpc) is 2.37. The van der Waals surface area contributed by atoms with E-state index in [9.17, 15) is 0 Å². The predicted octanol–water partition coefficient (Wildman–Crippen LogP) is 2.81. The second kappa shape index (κ2) is 7.73. The maximum absolute atomic E-state index is 5.82. The van der Waals surface area contributed by atoms with Crippen molar-refractivity contribution in [2.75, 3.05) is 25.1 Å². The molecule has 0 saturated carbocycles. The second-order valence-corrected chi connectivity index (χ2v) is 5.32. The minimum Gasteiger partial charge on any atom is -0.376 e. The topological polar surface area (TPSA) is 9.23 Å². The molecule has 0 aliphatic carbocycles. The molecule has 3 unspecified atom stereocenters.